The molecule has 1 rings (SSSR count). The van der Waals surface area contributed by atoms with Crippen LogP contribution in [0.1, 0.15) is 30.5 Å². The molecule has 0 heterocycles. The molecule has 0 atom stereocenters. The van der Waals surface area contributed by atoms with Gasteiger partial charge in [-0.05, 0) is 36.1 Å². The van der Waals surface area contributed by atoms with E-state index in [1.54, 1.807) is 0 Å². The number of alkyl halides is 1. The van der Waals surface area contributed by atoms with Crippen LogP contribution in [0.2, 0.25) is 0 Å². The molecule has 0 fully saturated rings. The molecule has 0 aliphatic heterocycles. The molecule has 0 unspecified atom stereocenters. The van der Waals surface area contributed by atoms with E-state index in [2.05, 4.69) is 43.9 Å². The van der Waals surface area contributed by atoms with Gasteiger partial charge < -0.3 is 0 Å². The van der Waals surface area contributed by atoms with Crippen LogP contribution in [0, 0.1) is 11.8 Å². The summed E-state index contributed by atoms with van der Waals surface area (Å²) in [6, 6.07) is 6.40. The van der Waals surface area contributed by atoms with E-state index in [0.717, 1.165) is 18.4 Å². The van der Waals surface area contributed by atoms with E-state index in [1.165, 1.54) is 11.1 Å². The summed E-state index contributed by atoms with van der Waals surface area (Å²) in [5, 5.41) is 0. The summed E-state index contributed by atoms with van der Waals surface area (Å²) >= 11 is 5.51. The molecule has 0 radical (unpaired) electrons. The Morgan fingerprint density at radius 3 is 2.43 bits per heavy atom. The van der Waals surface area contributed by atoms with E-state index in [1.807, 2.05) is 0 Å². The number of aryl methyl sites for hydroxylation is 2. The van der Waals surface area contributed by atoms with Crippen molar-refractivity contribution >= 4 is 11.6 Å². The van der Waals surface area contributed by atoms with Gasteiger partial charge in [-0.2, -0.15) is 0 Å². The fraction of sp³-hybridized carbons (Fsp3) is 0.385. The lowest BCUT2D eigenvalue weighted by Gasteiger charge is -2.05. The number of halogens is 1. The van der Waals surface area contributed by atoms with Crippen LogP contribution in [0.5, 0.6) is 0 Å². The van der Waals surface area contributed by atoms with Gasteiger partial charge in [0.05, 0.1) is 5.88 Å². The number of benzene rings is 1. The molecule has 0 saturated heterocycles. The summed E-state index contributed by atoms with van der Waals surface area (Å²) in [5.41, 5.74) is 3.89. The fourth-order valence-electron chi connectivity index (χ4n) is 1.51. The zero-order valence-electron chi connectivity index (χ0n) is 8.73. The van der Waals surface area contributed by atoms with Gasteiger partial charge in [0.25, 0.3) is 0 Å². The van der Waals surface area contributed by atoms with Crippen LogP contribution in [-0.2, 0) is 12.8 Å². The minimum Gasteiger partial charge on any atom is -0.113 e. The Labute approximate surface area is 91.3 Å². The number of rotatable bonds is 2. The van der Waals surface area contributed by atoms with Crippen LogP contribution < -0.4 is 0 Å². The van der Waals surface area contributed by atoms with Crippen molar-refractivity contribution in [2.75, 3.05) is 5.88 Å². The standard InChI is InChI=1S/C13H15Cl/c1-3-12-8-7-11(6-5-9-14)10-13(12)4-2/h7-8,10H,3-4,9H2,1-2H3. The highest BCUT2D eigenvalue weighted by molar-refractivity contribution is 6.19. The normalized spacial score (nSPS) is 9.36. The topological polar surface area (TPSA) is 0 Å². The van der Waals surface area contributed by atoms with Crippen LogP contribution in [0.25, 0.3) is 0 Å². The van der Waals surface area contributed by atoms with Crippen molar-refractivity contribution in [3.8, 4) is 11.8 Å². The predicted octanol–water partition coefficient (Wildman–Crippen LogP) is 3.40. The van der Waals surface area contributed by atoms with Crippen LogP contribution >= 0.6 is 11.6 Å². The zero-order chi connectivity index (χ0) is 10.4. The van der Waals surface area contributed by atoms with Gasteiger partial charge in [-0.3, -0.25) is 0 Å². The predicted molar refractivity (Wildman–Crippen MR) is 62.8 cm³/mol. The maximum absolute atomic E-state index is 5.51. The molecule has 0 aromatic heterocycles. The largest absolute Gasteiger partial charge is 0.113 e. The van der Waals surface area contributed by atoms with Gasteiger partial charge in [0.15, 0.2) is 0 Å². The molecular formula is C13H15Cl. The highest BCUT2D eigenvalue weighted by Crippen LogP contribution is 2.12. The Hall–Kier alpha value is -0.930. The Kier molecular flexibility index (Phi) is 4.56. The van der Waals surface area contributed by atoms with Gasteiger partial charge in [-0.15, -0.1) is 11.6 Å². The smallest absolute Gasteiger partial charge is 0.0839 e. The van der Waals surface area contributed by atoms with Crippen molar-refractivity contribution < 1.29 is 0 Å². The SMILES string of the molecule is CCc1ccc(C#CCCl)cc1CC. The molecule has 0 N–H and O–H groups in total. The molecule has 1 aromatic carbocycles. The lowest BCUT2D eigenvalue weighted by molar-refractivity contribution is 1.04. The monoisotopic (exact) mass is 206 g/mol. The van der Waals surface area contributed by atoms with E-state index in [-0.39, 0.29) is 0 Å². The fourth-order valence-corrected chi connectivity index (χ4v) is 1.58. The van der Waals surface area contributed by atoms with Crippen molar-refractivity contribution in [3.05, 3.63) is 34.9 Å². The second-order valence-electron chi connectivity index (χ2n) is 3.13. The average Bonchev–Trinajstić information content (AvgIpc) is 2.25. The first-order valence-corrected chi connectivity index (χ1v) is 5.51. The molecule has 0 saturated carbocycles. The van der Waals surface area contributed by atoms with Gasteiger partial charge in [0.1, 0.15) is 0 Å². The molecule has 0 spiro atoms. The molecule has 74 valence electrons. The number of hydrogen-bond acceptors (Lipinski definition) is 0. The molecule has 0 nitrogen and oxygen atoms in total. The Morgan fingerprint density at radius 2 is 1.86 bits per heavy atom. The molecule has 14 heavy (non-hydrogen) atoms. The zero-order valence-corrected chi connectivity index (χ0v) is 9.49. The van der Waals surface area contributed by atoms with Gasteiger partial charge in [0, 0.05) is 5.56 Å². The molecule has 1 heteroatoms. The summed E-state index contributed by atoms with van der Waals surface area (Å²) in [6.45, 7) is 4.35. The quantitative estimate of drug-likeness (QED) is 0.514. The lowest BCUT2D eigenvalue weighted by atomic mass is 10.0. The van der Waals surface area contributed by atoms with E-state index in [0.29, 0.717) is 5.88 Å². The maximum atomic E-state index is 5.51. The van der Waals surface area contributed by atoms with Crippen molar-refractivity contribution in [1.29, 1.82) is 0 Å². The molecular weight excluding hydrogens is 192 g/mol. The third-order valence-electron chi connectivity index (χ3n) is 2.27. The molecule has 0 bridgehead atoms. The Morgan fingerprint density at radius 1 is 1.14 bits per heavy atom. The minimum atomic E-state index is 0.400. The van der Waals surface area contributed by atoms with E-state index in [9.17, 15) is 0 Å². The highest BCUT2D eigenvalue weighted by Gasteiger charge is 1.98. The first-order chi connectivity index (χ1) is 6.81. The van der Waals surface area contributed by atoms with E-state index < -0.39 is 0 Å². The van der Waals surface area contributed by atoms with Crippen molar-refractivity contribution in [2.24, 2.45) is 0 Å². The first kappa shape index (κ1) is 11.1. The highest BCUT2D eigenvalue weighted by atomic mass is 35.5. The third kappa shape index (κ3) is 2.79. The molecule has 0 aliphatic carbocycles. The average molecular weight is 207 g/mol. The Bertz CT molecular complexity index is 355. The first-order valence-electron chi connectivity index (χ1n) is 4.98. The Balaban J connectivity index is 3.01. The maximum Gasteiger partial charge on any atom is 0.0839 e. The van der Waals surface area contributed by atoms with Gasteiger partial charge in [0.2, 0.25) is 0 Å². The lowest BCUT2D eigenvalue weighted by Crippen LogP contribution is -1.91. The van der Waals surface area contributed by atoms with Crippen LogP contribution in [0.15, 0.2) is 18.2 Å². The van der Waals surface area contributed by atoms with Crippen LogP contribution in [0.3, 0.4) is 0 Å². The second-order valence-corrected chi connectivity index (χ2v) is 3.39. The summed E-state index contributed by atoms with van der Waals surface area (Å²) < 4.78 is 0. The summed E-state index contributed by atoms with van der Waals surface area (Å²) in [6.07, 6.45) is 2.16. The van der Waals surface area contributed by atoms with Crippen molar-refractivity contribution in [3.63, 3.8) is 0 Å². The number of hydrogen-bond donors (Lipinski definition) is 0. The summed E-state index contributed by atoms with van der Waals surface area (Å²) in [4.78, 5) is 0. The van der Waals surface area contributed by atoms with Crippen molar-refractivity contribution in [2.45, 2.75) is 26.7 Å². The van der Waals surface area contributed by atoms with Gasteiger partial charge in [-0.1, -0.05) is 31.8 Å². The van der Waals surface area contributed by atoms with E-state index >= 15 is 0 Å². The molecule has 0 amide bonds. The summed E-state index contributed by atoms with van der Waals surface area (Å²) in [5.74, 6) is 6.31. The minimum absolute atomic E-state index is 0.400. The molecule has 1 aromatic rings. The van der Waals surface area contributed by atoms with Crippen molar-refractivity contribution in [1.82, 2.24) is 0 Å². The third-order valence-corrected chi connectivity index (χ3v) is 2.40. The van der Waals surface area contributed by atoms with E-state index in [4.69, 9.17) is 11.6 Å². The second kappa shape index (κ2) is 5.73. The molecule has 0 aliphatic rings. The van der Waals surface area contributed by atoms with Crippen LogP contribution in [-0.4, -0.2) is 5.88 Å². The summed E-state index contributed by atoms with van der Waals surface area (Å²) in [7, 11) is 0. The van der Waals surface area contributed by atoms with Gasteiger partial charge >= 0.3 is 0 Å². The van der Waals surface area contributed by atoms with Gasteiger partial charge in [-0.25, -0.2) is 0 Å². The van der Waals surface area contributed by atoms with Crippen LogP contribution in [0.4, 0.5) is 0 Å².